The summed E-state index contributed by atoms with van der Waals surface area (Å²) >= 11 is 0. The van der Waals surface area contributed by atoms with Crippen molar-refractivity contribution in [2.75, 3.05) is 47.8 Å². The van der Waals surface area contributed by atoms with E-state index in [1.54, 1.807) is 11.9 Å². The molecule has 0 aliphatic heterocycles. The van der Waals surface area contributed by atoms with Gasteiger partial charge < -0.3 is 20.4 Å². The molecule has 0 aromatic rings. The Hall–Kier alpha value is -1.30. The summed E-state index contributed by atoms with van der Waals surface area (Å²) in [4.78, 5) is 21.2. The van der Waals surface area contributed by atoms with Gasteiger partial charge >= 0.3 is 0 Å². The molecule has 0 aromatic carbocycles. The van der Waals surface area contributed by atoms with Gasteiger partial charge in [0, 0.05) is 46.8 Å². The van der Waals surface area contributed by atoms with Crippen LogP contribution >= 0.6 is 0 Å². The molecule has 150 valence electrons. The summed E-state index contributed by atoms with van der Waals surface area (Å²) in [5, 5.41) is 6.84. The predicted molar refractivity (Wildman–Crippen MR) is 108 cm³/mol. The van der Waals surface area contributed by atoms with Gasteiger partial charge in [0.15, 0.2) is 5.96 Å². The molecule has 0 atom stereocenters. The molecular weight excluding hydrogens is 326 g/mol. The average molecular weight is 366 g/mol. The van der Waals surface area contributed by atoms with E-state index < -0.39 is 0 Å². The number of likely N-dealkylation sites (N-methyl/N-ethyl adjacent to an activating group) is 1. The van der Waals surface area contributed by atoms with Gasteiger partial charge in [0.2, 0.25) is 5.91 Å². The number of carbonyl (C=O) groups is 1. The van der Waals surface area contributed by atoms with Crippen molar-refractivity contribution >= 4 is 11.9 Å². The minimum atomic E-state index is -0.264. The highest BCUT2D eigenvalue weighted by Gasteiger charge is 2.42. The Morgan fingerprint density at radius 1 is 1.04 bits per heavy atom. The Bertz CT molecular complexity index is 465. The Morgan fingerprint density at radius 2 is 1.69 bits per heavy atom. The molecule has 2 aliphatic carbocycles. The maximum Gasteiger partial charge on any atom is 0.230 e. The highest BCUT2D eigenvalue weighted by molar-refractivity contribution is 5.85. The number of hydrogen-bond donors (Lipinski definition) is 2. The monoisotopic (exact) mass is 365 g/mol. The molecule has 0 heterocycles. The molecule has 0 unspecified atom stereocenters. The SMILES string of the molecule is CN=C(NCCN(C)C1CCCCC1)NCC1(C(=O)N(C)C)CCCC1. The van der Waals surface area contributed by atoms with Crippen LogP contribution in [0, 0.1) is 5.41 Å². The summed E-state index contributed by atoms with van der Waals surface area (Å²) in [5.74, 6) is 1.05. The molecule has 2 aliphatic rings. The van der Waals surface area contributed by atoms with Crippen LogP contribution < -0.4 is 10.6 Å². The van der Waals surface area contributed by atoms with Crippen LogP contribution in [0.25, 0.3) is 0 Å². The Kier molecular flexibility index (Phi) is 8.19. The number of hydrogen-bond acceptors (Lipinski definition) is 3. The molecule has 0 bridgehead atoms. The zero-order valence-corrected chi connectivity index (χ0v) is 17.3. The van der Waals surface area contributed by atoms with E-state index in [1.165, 1.54) is 32.1 Å². The van der Waals surface area contributed by atoms with Crippen molar-refractivity contribution in [3.05, 3.63) is 0 Å². The zero-order chi connectivity index (χ0) is 19.0. The number of rotatable bonds is 7. The third-order valence-electron chi connectivity index (χ3n) is 6.19. The van der Waals surface area contributed by atoms with Crippen LogP contribution in [0.2, 0.25) is 0 Å². The van der Waals surface area contributed by atoms with Gasteiger partial charge in [-0.25, -0.2) is 0 Å². The molecule has 26 heavy (non-hydrogen) atoms. The summed E-state index contributed by atoms with van der Waals surface area (Å²) < 4.78 is 0. The Labute approximate surface area is 159 Å². The minimum absolute atomic E-state index is 0.245. The Balaban J connectivity index is 1.77. The van der Waals surface area contributed by atoms with Crippen LogP contribution in [0.1, 0.15) is 57.8 Å². The lowest BCUT2D eigenvalue weighted by Gasteiger charge is -2.32. The second-order valence-corrected chi connectivity index (χ2v) is 8.31. The van der Waals surface area contributed by atoms with Crippen LogP contribution in [-0.4, -0.2) is 75.5 Å². The van der Waals surface area contributed by atoms with Gasteiger partial charge in [0.05, 0.1) is 5.41 Å². The molecule has 2 saturated carbocycles. The van der Waals surface area contributed by atoms with Crippen molar-refractivity contribution in [2.24, 2.45) is 10.4 Å². The Morgan fingerprint density at radius 3 is 2.27 bits per heavy atom. The van der Waals surface area contributed by atoms with E-state index in [1.807, 2.05) is 14.1 Å². The van der Waals surface area contributed by atoms with Gasteiger partial charge in [-0.05, 0) is 32.7 Å². The first kappa shape index (κ1) is 21.0. The van der Waals surface area contributed by atoms with Crippen LogP contribution in [-0.2, 0) is 4.79 Å². The number of aliphatic imine (C=N–C) groups is 1. The normalized spacial score (nSPS) is 21.0. The quantitative estimate of drug-likeness (QED) is 0.536. The highest BCUT2D eigenvalue weighted by Crippen LogP contribution is 2.38. The third kappa shape index (κ3) is 5.60. The fourth-order valence-electron chi connectivity index (χ4n) is 4.52. The lowest BCUT2D eigenvalue weighted by molar-refractivity contribution is -0.138. The predicted octanol–water partition coefficient (Wildman–Crippen LogP) is 2.06. The fourth-order valence-corrected chi connectivity index (χ4v) is 4.52. The summed E-state index contributed by atoms with van der Waals surface area (Å²) in [6, 6.07) is 0.736. The molecule has 0 saturated heterocycles. The molecule has 2 N–H and O–H groups in total. The van der Waals surface area contributed by atoms with Crippen molar-refractivity contribution in [3.63, 3.8) is 0 Å². The van der Waals surface area contributed by atoms with Gasteiger partial charge in [-0.1, -0.05) is 32.1 Å². The highest BCUT2D eigenvalue weighted by atomic mass is 16.2. The van der Waals surface area contributed by atoms with E-state index >= 15 is 0 Å². The van der Waals surface area contributed by atoms with Crippen LogP contribution in [0.4, 0.5) is 0 Å². The topological polar surface area (TPSA) is 60.0 Å². The van der Waals surface area contributed by atoms with E-state index in [9.17, 15) is 4.79 Å². The van der Waals surface area contributed by atoms with Crippen LogP contribution in [0.3, 0.4) is 0 Å². The van der Waals surface area contributed by atoms with E-state index in [0.29, 0.717) is 6.54 Å². The molecule has 1 amide bonds. The second kappa shape index (κ2) is 10.1. The average Bonchev–Trinajstić information content (AvgIpc) is 3.14. The smallest absolute Gasteiger partial charge is 0.230 e. The third-order valence-corrected chi connectivity index (χ3v) is 6.19. The van der Waals surface area contributed by atoms with Crippen molar-refractivity contribution in [1.29, 1.82) is 0 Å². The summed E-state index contributed by atoms with van der Waals surface area (Å²) in [5.41, 5.74) is -0.264. The molecule has 2 rings (SSSR count). The molecule has 0 aromatic heterocycles. The number of nitrogens with zero attached hydrogens (tertiary/aromatic N) is 3. The molecule has 2 fully saturated rings. The summed E-state index contributed by atoms with van der Waals surface area (Å²) in [6.07, 6.45) is 11.0. The van der Waals surface area contributed by atoms with Crippen LogP contribution in [0.5, 0.6) is 0 Å². The van der Waals surface area contributed by atoms with E-state index in [-0.39, 0.29) is 11.3 Å². The first-order valence-electron chi connectivity index (χ1n) is 10.3. The lowest BCUT2D eigenvalue weighted by atomic mass is 9.84. The van der Waals surface area contributed by atoms with Gasteiger partial charge in [0.25, 0.3) is 0 Å². The van der Waals surface area contributed by atoms with Crippen molar-refractivity contribution in [3.8, 4) is 0 Å². The zero-order valence-electron chi connectivity index (χ0n) is 17.3. The number of amides is 1. The van der Waals surface area contributed by atoms with Gasteiger partial charge in [-0.15, -0.1) is 0 Å². The molecular formula is C20H39N5O. The lowest BCUT2D eigenvalue weighted by Crippen LogP contribution is -2.50. The van der Waals surface area contributed by atoms with E-state index in [2.05, 4.69) is 27.6 Å². The molecule has 0 spiro atoms. The minimum Gasteiger partial charge on any atom is -0.355 e. The van der Waals surface area contributed by atoms with E-state index in [4.69, 9.17) is 0 Å². The van der Waals surface area contributed by atoms with Crippen molar-refractivity contribution in [1.82, 2.24) is 20.4 Å². The molecule has 6 nitrogen and oxygen atoms in total. The molecule has 0 radical (unpaired) electrons. The fraction of sp³-hybridized carbons (Fsp3) is 0.900. The van der Waals surface area contributed by atoms with Crippen LogP contribution in [0.15, 0.2) is 4.99 Å². The largest absolute Gasteiger partial charge is 0.355 e. The van der Waals surface area contributed by atoms with Gasteiger partial charge in [0.1, 0.15) is 0 Å². The second-order valence-electron chi connectivity index (χ2n) is 8.31. The molecule has 6 heteroatoms. The summed E-state index contributed by atoms with van der Waals surface area (Å²) in [7, 11) is 7.75. The first-order valence-corrected chi connectivity index (χ1v) is 10.3. The number of guanidine groups is 1. The van der Waals surface area contributed by atoms with Crippen molar-refractivity contribution in [2.45, 2.75) is 63.8 Å². The maximum absolute atomic E-state index is 12.7. The van der Waals surface area contributed by atoms with Gasteiger partial charge in [-0.2, -0.15) is 0 Å². The van der Waals surface area contributed by atoms with Crippen molar-refractivity contribution < 1.29 is 4.79 Å². The number of nitrogens with one attached hydrogen (secondary N) is 2. The van der Waals surface area contributed by atoms with Gasteiger partial charge in [-0.3, -0.25) is 9.79 Å². The summed E-state index contributed by atoms with van der Waals surface area (Å²) in [6.45, 7) is 2.57. The van der Waals surface area contributed by atoms with E-state index in [0.717, 1.165) is 50.8 Å². The maximum atomic E-state index is 12.7. The number of carbonyl (C=O) groups excluding carboxylic acids is 1. The standard InChI is InChI=1S/C20H39N5O/c1-21-19(22-14-15-25(4)17-10-6-5-7-11-17)23-16-20(12-8-9-13-20)18(26)24(2)3/h17H,5-16H2,1-4H3,(H2,21,22,23). The first-order chi connectivity index (χ1) is 12.5.